The molecule has 0 atom stereocenters. The summed E-state index contributed by atoms with van der Waals surface area (Å²) in [5.74, 6) is 0. The molecule has 0 amide bonds. The molecule has 15 heavy (non-hydrogen) atoms. The van der Waals surface area contributed by atoms with Crippen LogP contribution in [-0.4, -0.2) is 6.26 Å². The van der Waals surface area contributed by atoms with E-state index in [1.54, 1.807) is 0 Å². The molecule has 0 heterocycles. The molecule has 1 fully saturated rings. The molecule has 0 radical (unpaired) electrons. The minimum atomic E-state index is -0.557. The lowest BCUT2D eigenvalue weighted by atomic mass is 9.70. The van der Waals surface area contributed by atoms with E-state index in [-0.39, 0.29) is 0 Å². The Morgan fingerprint density at radius 1 is 1.27 bits per heavy atom. The number of carbonyl (C=O) groups is 1. The molecule has 0 aliphatic heterocycles. The normalized spacial score (nSPS) is 20.7. The van der Waals surface area contributed by atoms with E-state index in [0.29, 0.717) is 0 Å². The van der Waals surface area contributed by atoms with Crippen molar-refractivity contribution in [3.63, 3.8) is 0 Å². The zero-order valence-electron chi connectivity index (χ0n) is 9.63. The van der Waals surface area contributed by atoms with Gasteiger partial charge in [0.25, 0.3) is 0 Å². The summed E-state index contributed by atoms with van der Waals surface area (Å²) >= 11 is 3.50. The number of halogens is 1. The van der Waals surface area contributed by atoms with Gasteiger partial charge in [0, 0.05) is 4.47 Å². The number of aldehydes is 1. The maximum Gasteiger partial charge on any atom is 0.130 e. The Bertz CT molecular complexity index is 397. The fourth-order valence-corrected chi connectivity index (χ4v) is 3.10. The number of hydrogen-bond acceptors (Lipinski definition) is 1. The SMILES string of the molecule is [2H]C(=O)C1(c2ccccc2Br)CCCCC1. The summed E-state index contributed by atoms with van der Waals surface area (Å²) < 4.78 is 8.55. The maximum atomic E-state index is 11.7. The van der Waals surface area contributed by atoms with Crippen molar-refractivity contribution in [3.05, 3.63) is 34.3 Å². The third-order valence-electron chi connectivity index (χ3n) is 3.29. The van der Waals surface area contributed by atoms with Crippen molar-refractivity contribution >= 4 is 22.2 Å². The topological polar surface area (TPSA) is 17.1 Å². The van der Waals surface area contributed by atoms with Crippen molar-refractivity contribution < 1.29 is 6.17 Å². The van der Waals surface area contributed by atoms with Gasteiger partial charge in [-0.05, 0) is 24.5 Å². The standard InChI is InChI=1S/C13H15BrO/c14-12-7-3-2-6-11(12)13(10-15)8-4-1-5-9-13/h2-3,6-7,10H,1,4-5,8-9H2/i10D. The van der Waals surface area contributed by atoms with E-state index in [2.05, 4.69) is 15.9 Å². The number of carbonyl (C=O) groups excluding carboxylic acids is 1. The largest absolute Gasteiger partial charge is 0.302 e. The Hall–Kier alpha value is -0.630. The van der Waals surface area contributed by atoms with E-state index in [9.17, 15) is 4.79 Å². The molecule has 1 aromatic rings. The van der Waals surface area contributed by atoms with Crippen molar-refractivity contribution in [3.8, 4) is 0 Å². The fraction of sp³-hybridized carbons (Fsp3) is 0.462. The first-order chi connectivity index (χ1) is 7.67. The second-order valence-electron chi connectivity index (χ2n) is 4.22. The van der Waals surface area contributed by atoms with Gasteiger partial charge in [-0.1, -0.05) is 53.4 Å². The molecule has 2 rings (SSSR count). The van der Waals surface area contributed by atoms with E-state index in [1.807, 2.05) is 24.3 Å². The minimum absolute atomic E-state index is 0.431. The maximum absolute atomic E-state index is 11.7. The molecule has 80 valence electrons. The van der Waals surface area contributed by atoms with Gasteiger partial charge in [0.15, 0.2) is 0 Å². The van der Waals surface area contributed by atoms with Crippen molar-refractivity contribution in [2.75, 3.05) is 0 Å². The average Bonchev–Trinajstić information content (AvgIpc) is 2.30. The highest BCUT2D eigenvalue weighted by molar-refractivity contribution is 9.10. The Morgan fingerprint density at radius 2 is 1.93 bits per heavy atom. The van der Waals surface area contributed by atoms with Gasteiger partial charge >= 0.3 is 0 Å². The lowest BCUT2D eigenvalue weighted by molar-refractivity contribution is -0.113. The Labute approximate surface area is 100 Å². The van der Waals surface area contributed by atoms with Gasteiger partial charge in [-0.15, -0.1) is 0 Å². The monoisotopic (exact) mass is 267 g/mol. The van der Waals surface area contributed by atoms with Crippen LogP contribution in [0.3, 0.4) is 0 Å². The second kappa shape index (κ2) is 4.48. The van der Waals surface area contributed by atoms with Crippen molar-refractivity contribution in [2.45, 2.75) is 37.5 Å². The van der Waals surface area contributed by atoms with Crippen LogP contribution in [0.4, 0.5) is 0 Å². The van der Waals surface area contributed by atoms with Crippen LogP contribution in [-0.2, 0) is 10.2 Å². The molecule has 2 heteroatoms. The van der Waals surface area contributed by atoms with Crippen LogP contribution in [0.15, 0.2) is 28.7 Å². The Balaban J connectivity index is 2.47. The lowest BCUT2D eigenvalue weighted by Gasteiger charge is -2.33. The molecule has 0 spiro atoms. The van der Waals surface area contributed by atoms with Crippen LogP contribution < -0.4 is 0 Å². The molecule has 1 aromatic carbocycles. The number of hydrogen-bond donors (Lipinski definition) is 0. The van der Waals surface area contributed by atoms with Crippen LogP contribution in [0.5, 0.6) is 0 Å². The highest BCUT2D eigenvalue weighted by Crippen LogP contribution is 2.40. The molecule has 0 bridgehead atoms. The molecular formula is C13H15BrO. The number of rotatable bonds is 2. The first kappa shape index (κ1) is 9.59. The van der Waals surface area contributed by atoms with Gasteiger partial charge in [-0.3, -0.25) is 0 Å². The molecule has 1 aliphatic carbocycles. The summed E-state index contributed by atoms with van der Waals surface area (Å²) in [6.07, 6.45) is 4.48. The van der Waals surface area contributed by atoms with Crippen LogP contribution in [0.25, 0.3) is 0 Å². The van der Waals surface area contributed by atoms with Crippen LogP contribution in [0, 0.1) is 0 Å². The molecular weight excluding hydrogens is 252 g/mol. The smallest absolute Gasteiger partial charge is 0.130 e. The van der Waals surface area contributed by atoms with E-state index in [0.717, 1.165) is 35.7 Å². The average molecular weight is 268 g/mol. The van der Waals surface area contributed by atoms with Crippen LogP contribution in [0.2, 0.25) is 0 Å². The summed E-state index contributed by atoms with van der Waals surface area (Å²) in [5, 5.41) is 0. The lowest BCUT2D eigenvalue weighted by Crippen LogP contribution is -2.31. The molecule has 1 nitrogen and oxygen atoms in total. The third kappa shape index (κ3) is 2.00. The Kier molecular flexibility index (Phi) is 2.86. The van der Waals surface area contributed by atoms with Gasteiger partial charge in [0.2, 0.25) is 0 Å². The summed E-state index contributed by atoms with van der Waals surface area (Å²) in [7, 11) is 0. The van der Waals surface area contributed by atoms with E-state index in [1.165, 1.54) is 6.42 Å². The van der Waals surface area contributed by atoms with Crippen molar-refractivity contribution in [2.24, 2.45) is 0 Å². The van der Waals surface area contributed by atoms with Crippen LogP contribution >= 0.6 is 15.9 Å². The van der Waals surface area contributed by atoms with Gasteiger partial charge in [-0.2, -0.15) is 0 Å². The molecule has 1 saturated carbocycles. The predicted octanol–water partition coefficient (Wildman–Crippen LogP) is 3.85. The Morgan fingerprint density at radius 3 is 2.53 bits per heavy atom. The van der Waals surface area contributed by atoms with Crippen LogP contribution in [0.1, 0.15) is 39.0 Å². The first-order valence-corrected chi connectivity index (χ1v) is 6.22. The minimum Gasteiger partial charge on any atom is -0.302 e. The molecule has 0 unspecified atom stereocenters. The van der Waals surface area contributed by atoms with E-state index >= 15 is 0 Å². The molecule has 1 aliphatic rings. The molecule has 0 N–H and O–H groups in total. The highest BCUT2D eigenvalue weighted by atomic mass is 79.9. The summed E-state index contributed by atoms with van der Waals surface area (Å²) in [6.45, 7) is 0. The van der Waals surface area contributed by atoms with E-state index in [4.69, 9.17) is 1.37 Å². The summed E-state index contributed by atoms with van der Waals surface area (Å²) in [4.78, 5) is 11.7. The first-order valence-electron chi connectivity index (χ1n) is 5.93. The van der Waals surface area contributed by atoms with Gasteiger partial charge < -0.3 is 4.79 Å². The van der Waals surface area contributed by atoms with E-state index < -0.39 is 11.7 Å². The third-order valence-corrected chi connectivity index (χ3v) is 3.98. The van der Waals surface area contributed by atoms with Crippen molar-refractivity contribution in [1.29, 1.82) is 0 Å². The fourth-order valence-electron chi connectivity index (χ4n) is 2.43. The van der Waals surface area contributed by atoms with Gasteiger partial charge in [-0.25, -0.2) is 0 Å². The highest BCUT2D eigenvalue weighted by Gasteiger charge is 2.34. The summed E-state index contributed by atoms with van der Waals surface area (Å²) in [5.41, 5.74) is 0.438. The zero-order chi connectivity index (χ0) is 11.6. The quantitative estimate of drug-likeness (QED) is 0.744. The predicted molar refractivity (Wildman–Crippen MR) is 65.0 cm³/mol. The van der Waals surface area contributed by atoms with Gasteiger partial charge in [0.1, 0.15) is 7.63 Å². The molecule has 0 aromatic heterocycles. The number of benzene rings is 1. The second-order valence-corrected chi connectivity index (χ2v) is 5.08. The van der Waals surface area contributed by atoms with Crippen molar-refractivity contribution in [1.82, 2.24) is 0 Å². The van der Waals surface area contributed by atoms with Gasteiger partial charge in [0.05, 0.1) is 5.41 Å². The summed E-state index contributed by atoms with van der Waals surface area (Å²) in [6, 6.07) is 7.81. The zero-order valence-corrected chi connectivity index (χ0v) is 10.2. The molecule has 0 saturated heterocycles.